The standard InChI is InChI=1S/C29H42O6/c1-15-10-25(32)29(33-14-15)16(2)26-23(35-29)12-22-20-7-6-18-11-19(34-17(3)30)8-9-27(18,4)21(20)13-24(31)28(22,26)5/h15-16,18-23,26H,6-14H2,1-5H3/t15-,16+,18+,19+,20-,21+,22+,23+,26+,27+,28-,29-/m1/s1. The zero-order valence-corrected chi connectivity index (χ0v) is 22.0. The molecular weight excluding hydrogens is 444 g/mol. The number of carbonyl (C=O) groups is 3. The fourth-order valence-electron chi connectivity index (χ4n) is 10.2. The quantitative estimate of drug-likeness (QED) is 0.499. The molecule has 1 spiro atoms. The van der Waals surface area contributed by atoms with E-state index in [4.69, 9.17) is 14.2 Å². The summed E-state index contributed by atoms with van der Waals surface area (Å²) >= 11 is 0. The van der Waals surface area contributed by atoms with Gasteiger partial charge in [0.2, 0.25) is 5.79 Å². The molecule has 12 atom stereocenters. The van der Waals surface area contributed by atoms with Crippen LogP contribution in [0.15, 0.2) is 0 Å². The summed E-state index contributed by atoms with van der Waals surface area (Å²) in [5.41, 5.74) is -0.319. The highest BCUT2D eigenvalue weighted by Gasteiger charge is 2.73. The predicted molar refractivity (Wildman–Crippen MR) is 128 cm³/mol. The Morgan fingerprint density at radius 1 is 1.00 bits per heavy atom. The molecule has 2 heterocycles. The molecule has 0 bridgehead atoms. The van der Waals surface area contributed by atoms with Crippen LogP contribution in [0.2, 0.25) is 0 Å². The van der Waals surface area contributed by atoms with Crippen molar-refractivity contribution in [3.63, 3.8) is 0 Å². The highest BCUT2D eigenvalue weighted by Crippen LogP contribution is 2.70. The molecule has 0 N–H and O–H groups in total. The van der Waals surface area contributed by atoms with Gasteiger partial charge in [0.15, 0.2) is 5.78 Å². The third kappa shape index (κ3) is 3.17. The normalized spacial score (nSPS) is 55.2. The van der Waals surface area contributed by atoms with Crippen molar-refractivity contribution in [1.82, 2.24) is 0 Å². The van der Waals surface area contributed by atoms with Crippen molar-refractivity contribution in [3.05, 3.63) is 0 Å². The van der Waals surface area contributed by atoms with Gasteiger partial charge in [-0.15, -0.1) is 0 Å². The minimum atomic E-state index is -1.15. The van der Waals surface area contributed by atoms with E-state index in [-0.39, 0.29) is 47.1 Å². The van der Waals surface area contributed by atoms with Crippen LogP contribution in [0.3, 0.4) is 0 Å². The number of Topliss-reactive ketones (excluding diaryl/α,β-unsaturated/α-hetero) is 2. The fourth-order valence-corrected chi connectivity index (χ4v) is 10.2. The lowest BCUT2D eigenvalue weighted by Gasteiger charge is -2.60. The number of rotatable bonds is 1. The monoisotopic (exact) mass is 486 g/mol. The topological polar surface area (TPSA) is 78.9 Å². The van der Waals surface area contributed by atoms with E-state index < -0.39 is 11.2 Å². The molecule has 4 saturated carbocycles. The van der Waals surface area contributed by atoms with E-state index in [9.17, 15) is 14.4 Å². The Hall–Kier alpha value is -1.27. The van der Waals surface area contributed by atoms with Gasteiger partial charge in [-0.1, -0.05) is 27.7 Å². The van der Waals surface area contributed by atoms with Crippen LogP contribution in [-0.2, 0) is 28.6 Å². The largest absolute Gasteiger partial charge is 0.463 e. The Bertz CT molecular complexity index is 945. The van der Waals surface area contributed by atoms with Crippen LogP contribution in [-0.4, -0.2) is 42.1 Å². The fraction of sp³-hybridized carbons (Fsp3) is 0.897. The Morgan fingerprint density at radius 2 is 1.77 bits per heavy atom. The van der Waals surface area contributed by atoms with Gasteiger partial charge in [0.05, 0.1) is 12.7 Å². The van der Waals surface area contributed by atoms with Crippen molar-refractivity contribution < 1.29 is 28.6 Å². The van der Waals surface area contributed by atoms with E-state index in [2.05, 4.69) is 20.8 Å². The molecule has 35 heavy (non-hydrogen) atoms. The van der Waals surface area contributed by atoms with Crippen molar-refractivity contribution in [2.75, 3.05) is 6.61 Å². The van der Waals surface area contributed by atoms with Gasteiger partial charge in [0, 0.05) is 37.0 Å². The third-order valence-electron chi connectivity index (χ3n) is 11.9. The van der Waals surface area contributed by atoms with Gasteiger partial charge in [-0.2, -0.15) is 0 Å². The molecule has 0 radical (unpaired) electrons. The Labute approximate surface area is 209 Å². The molecule has 6 rings (SSSR count). The maximum Gasteiger partial charge on any atom is 0.302 e. The van der Waals surface area contributed by atoms with Gasteiger partial charge in [0.25, 0.3) is 0 Å². The van der Waals surface area contributed by atoms with E-state index >= 15 is 0 Å². The number of hydrogen-bond acceptors (Lipinski definition) is 6. The van der Waals surface area contributed by atoms with E-state index in [1.165, 1.54) is 6.92 Å². The summed E-state index contributed by atoms with van der Waals surface area (Å²) in [5, 5.41) is 0. The highest BCUT2D eigenvalue weighted by atomic mass is 16.7. The second-order valence-corrected chi connectivity index (χ2v) is 13.5. The number of hydrogen-bond donors (Lipinski definition) is 0. The van der Waals surface area contributed by atoms with Gasteiger partial charge in [0.1, 0.15) is 11.9 Å². The number of carbonyl (C=O) groups excluding carboxylic acids is 3. The summed E-state index contributed by atoms with van der Waals surface area (Å²) in [5.74, 6) is 1.00. The molecule has 6 nitrogen and oxygen atoms in total. The van der Waals surface area contributed by atoms with Crippen molar-refractivity contribution in [1.29, 1.82) is 0 Å². The van der Waals surface area contributed by atoms with Gasteiger partial charge in [-0.3, -0.25) is 14.4 Å². The smallest absolute Gasteiger partial charge is 0.302 e. The lowest BCUT2D eigenvalue weighted by molar-refractivity contribution is -0.252. The van der Waals surface area contributed by atoms with E-state index in [0.29, 0.717) is 48.9 Å². The Balaban J connectivity index is 1.26. The van der Waals surface area contributed by atoms with Gasteiger partial charge in [-0.25, -0.2) is 0 Å². The molecule has 2 saturated heterocycles. The third-order valence-corrected chi connectivity index (χ3v) is 11.9. The zero-order chi connectivity index (χ0) is 24.9. The SMILES string of the molecule is CC(=O)O[C@H]1CC[C@@]2(C)[C@@H](CC[C@@H]3[C@@H]2CC(=O)[C@]2(C)[C@@H]4[C@H](C[C@@H]32)O[C@]2(OC[C@H](C)CC2=O)[C@H]4C)C1. The first-order valence-corrected chi connectivity index (χ1v) is 14.1. The maximum atomic E-state index is 14.1. The highest BCUT2D eigenvalue weighted by molar-refractivity contribution is 5.90. The second-order valence-electron chi connectivity index (χ2n) is 13.5. The van der Waals surface area contributed by atoms with E-state index in [1.54, 1.807) is 0 Å². The summed E-state index contributed by atoms with van der Waals surface area (Å²) in [7, 11) is 0. The summed E-state index contributed by atoms with van der Waals surface area (Å²) in [6.45, 7) is 10.8. The average molecular weight is 487 g/mol. The van der Waals surface area contributed by atoms with E-state index in [0.717, 1.165) is 38.5 Å². The number of ether oxygens (including phenoxy) is 3. The second kappa shape index (κ2) is 7.86. The molecule has 6 fully saturated rings. The van der Waals surface area contributed by atoms with Crippen LogP contribution in [0.1, 0.15) is 86.0 Å². The molecule has 0 unspecified atom stereocenters. The summed E-state index contributed by atoms with van der Waals surface area (Å²) < 4.78 is 18.4. The zero-order valence-electron chi connectivity index (χ0n) is 22.0. The molecule has 0 aromatic rings. The molecule has 194 valence electrons. The number of fused-ring (bicyclic) bond motifs is 7. The average Bonchev–Trinajstić information content (AvgIpc) is 3.24. The Morgan fingerprint density at radius 3 is 2.49 bits per heavy atom. The van der Waals surface area contributed by atoms with Crippen molar-refractivity contribution >= 4 is 17.5 Å². The summed E-state index contributed by atoms with van der Waals surface area (Å²) in [6, 6.07) is 0. The van der Waals surface area contributed by atoms with Crippen molar-refractivity contribution in [3.8, 4) is 0 Å². The predicted octanol–water partition coefficient (Wildman–Crippen LogP) is 4.72. The van der Waals surface area contributed by atoms with Crippen LogP contribution < -0.4 is 0 Å². The molecular formula is C29H42O6. The van der Waals surface area contributed by atoms with Gasteiger partial charge in [-0.05, 0) is 73.5 Å². The van der Waals surface area contributed by atoms with Crippen molar-refractivity contribution in [2.45, 2.75) is 104 Å². The van der Waals surface area contributed by atoms with Crippen LogP contribution in [0.25, 0.3) is 0 Å². The molecule has 6 aliphatic rings. The molecule has 6 heteroatoms. The molecule has 4 aliphatic carbocycles. The first-order chi connectivity index (χ1) is 16.5. The molecule has 0 aromatic carbocycles. The molecule has 0 aromatic heterocycles. The van der Waals surface area contributed by atoms with Crippen LogP contribution in [0, 0.1) is 52.3 Å². The minimum Gasteiger partial charge on any atom is -0.463 e. The summed E-state index contributed by atoms with van der Waals surface area (Å²) in [6.07, 6.45) is 7.08. The summed E-state index contributed by atoms with van der Waals surface area (Å²) in [4.78, 5) is 38.8. The first kappa shape index (κ1) is 24.1. The van der Waals surface area contributed by atoms with Gasteiger partial charge >= 0.3 is 5.97 Å². The lowest BCUT2D eigenvalue weighted by atomic mass is 9.44. The minimum absolute atomic E-state index is 0.0266. The van der Waals surface area contributed by atoms with Crippen LogP contribution >= 0.6 is 0 Å². The number of ketones is 2. The molecule has 0 amide bonds. The Kier molecular flexibility index (Phi) is 5.41. The number of esters is 1. The van der Waals surface area contributed by atoms with Crippen LogP contribution in [0.5, 0.6) is 0 Å². The van der Waals surface area contributed by atoms with Gasteiger partial charge < -0.3 is 14.2 Å². The lowest BCUT2D eigenvalue weighted by Crippen LogP contribution is -2.59. The first-order valence-electron chi connectivity index (χ1n) is 14.1. The molecule has 2 aliphatic heterocycles. The van der Waals surface area contributed by atoms with Crippen molar-refractivity contribution in [2.24, 2.45) is 52.3 Å². The van der Waals surface area contributed by atoms with E-state index in [1.807, 2.05) is 6.92 Å². The van der Waals surface area contributed by atoms with Crippen LogP contribution in [0.4, 0.5) is 0 Å². The maximum absolute atomic E-state index is 14.1.